The van der Waals surface area contributed by atoms with Crippen LogP contribution in [0.2, 0.25) is 0 Å². The molecule has 2 N–H and O–H groups in total. The quantitative estimate of drug-likeness (QED) is 0.808. The minimum Gasteiger partial charge on any atom is -0.456 e. The smallest absolute Gasteiger partial charge is 0.145 e. The van der Waals surface area contributed by atoms with Crippen LogP contribution in [-0.2, 0) is 0 Å². The average Bonchev–Trinajstić information content (AvgIpc) is 2.44. The van der Waals surface area contributed by atoms with E-state index in [0.29, 0.717) is 22.7 Å². The highest BCUT2D eigenvalue weighted by Crippen LogP contribution is 2.26. The monoisotopic (exact) mass is 240 g/mol. The normalized spacial score (nSPS) is 8.72. The summed E-state index contributed by atoms with van der Waals surface area (Å²) < 4.78 is 5.58. The van der Waals surface area contributed by atoms with Crippen molar-refractivity contribution >= 4 is 5.69 Å². The molecule has 0 amide bonds. The zero-order chi connectivity index (χ0) is 13.4. The van der Waals surface area contributed by atoms with Crippen molar-refractivity contribution in [3.8, 4) is 17.6 Å². The van der Waals surface area contributed by atoms with E-state index >= 15 is 0 Å². The molecule has 3 nitrogen and oxygen atoms in total. The Morgan fingerprint density at radius 3 is 2.33 bits per heavy atom. The van der Waals surface area contributed by atoms with Crippen molar-refractivity contribution < 1.29 is 4.74 Å². The third kappa shape index (κ3) is 3.53. The zero-order valence-electron chi connectivity index (χ0n) is 10.6. The molecule has 0 aliphatic heterocycles. The Bertz CT molecular complexity index is 530. The predicted molar refractivity (Wildman–Crippen MR) is 73.4 cm³/mol. The number of rotatable bonds is 2. The van der Waals surface area contributed by atoms with E-state index in [-0.39, 0.29) is 0 Å². The van der Waals surface area contributed by atoms with Crippen LogP contribution in [0.25, 0.3) is 0 Å². The van der Waals surface area contributed by atoms with Gasteiger partial charge in [0.15, 0.2) is 0 Å². The van der Waals surface area contributed by atoms with E-state index in [1.54, 1.807) is 18.2 Å². The van der Waals surface area contributed by atoms with Crippen molar-refractivity contribution in [1.29, 1.82) is 5.26 Å². The van der Waals surface area contributed by atoms with Crippen molar-refractivity contribution in [2.24, 2.45) is 0 Å². The summed E-state index contributed by atoms with van der Waals surface area (Å²) in [4.78, 5) is 0. The highest BCUT2D eigenvalue weighted by molar-refractivity contribution is 5.54. The van der Waals surface area contributed by atoms with Crippen molar-refractivity contribution in [2.75, 3.05) is 5.73 Å². The lowest BCUT2D eigenvalue weighted by Crippen LogP contribution is -1.91. The molecule has 0 aliphatic rings. The van der Waals surface area contributed by atoms with Crippen molar-refractivity contribution in [1.82, 2.24) is 0 Å². The molecule has 2 rings (SSSR count). The number of nitrogens with zero attached hydrogens (tertiary/aromatic N) is 1. The molecule has 0 aliphatic carbocycles. The molecular weight excluding hydrogens is 224 g/mol. The van der Waals surface area contributed by atoms with Crippen LogP contribution in [0.3, 0.4) is 0 Å². The van der Waals surface area contributed by atoms with Gasteiger partial charge in [-0.3, -0.25) is 0 Å². The fourth-order valence-electron chi connectivity index (χ4n) is 1.34. The summed E-state index contributed by atoms with van der Waals surface area (Å²) in [7, 11) is 0. The maximum Gasteiger partial charge on any atom is 0.145 e. The minimum absolute atomic E-state index is 0.434. The van der Waals surface area contributed by atoms with E-state index in [0.717, 1.165) is 0 Å². The first-order chi connectivity index (χ1) is 8.79. The van der Waals surface area contributed by atoms with Crippen molar-refractivity contribution in [3.63, 3.8) is 0 Å². The Balaban J connectivity index is 0.000000771. The second-order valence-corrected chi connectivity index (χ2v) is 3.28. The Labute approximate surface area is 107 Å². The molecule has 2 aromatic rings. The lowest BCUT2D eigenvalue weighted by molar-refractivity contribution is 0.481. The van der Waals surface area contributed by atoms with Crippen molar-refractivity contribution in [2.45, 2.75) is 13.8 Å². The number of benzene rings is 2. The van der Waals surface area contributed by atoms with Gasteiger partial charge in [0.05, 0.1) is 5.56 Å². The molecule has 0 radical (unpaired) electrons. The first kappa shape index (κ1) is 13.6. The van der Waals surface area contributed by atoms with Crippen LogP contribution in [0.5, 0.6) is 11.5 Å². The largest absolute Gasteiger partial charge is 0.456 e. The summed E-state index contributed by atoms with van der Waals surface area (Å²) in [5.74, 6) is 1.21. The van der Waals surface area contributed by atoms with Gasteiger partial charge in [-0.05, 0) is 30.3 Å². The van der Waals surface area contributed by atoms with Gasteiger partial charge in [0.2, 0.25) is 0 Å². The van der Waals surface area contributed by atoms with Gasteiger partial charge < -0.3 is 10.5 Å². The molecule has 0 aromatic heterocycles. The number of hydrogen-bond acceptors (Lipinski definition) is 3. The van der Waals surface area contributed by atoms with Crippen LogP contribution in [0.15, 0.2) is 48.5 Å². The molecule has 0 bridgehead atoms. The third-order valence-corrected chi connectivity index (χ3v) is 2.10. The Kier molecular flexibility index (Phi) is 5.27. The topological polar surface area (TPSA) is 59.0 Å². The molecule has 0 saturated heterocycles. The molecule has 92 valence electrons. The zero-order valence-corrected chi connectivity index (χ0v) is 10.6. The number of anilines is 1. The van der Waals surface area contributed by atoms with Gasteiger partial charge in [0.25, 0.3) is 0 Å². The van der Waals surface area contributed by atoms with Crippen LogP contribution in [0.4, 0.5) is 5.69 Å². The van der Waals surface area contributed by atoms with Crippen LogP contribution < -0.4 is 10.5 Å². The Morgan fingerprint density at radius 1 is 1.06 bits per heavy atom. The maximum atomic E-state index is 8.94. The number of nitriles is 1. The molecule has 2 aromatic carbocycles. The first-order valence-corrected chi connectivity index (χ1v) is 5.82. The summed E-state index contributed by atoms with van der Waals surface area (Å²) in [6.45, 7) is 4.00. The van der Waals surface area contributed by atoms with Crippen LogP contribution in [-0.4, -0.2) is 0 Å². The van der Waals surface area contributed by atoms with Crippen LogP contribution in [0.1, 0.15) is 19.4 Å². The van der Waals surface area contributed by atoms with E-state index in [1.807, 2.05) is 44.2 Å². The van der Waals surface area contributed by atoms with E-state index < -0.39 is 0 Å². The van der Waals surface area contributed by atoms with E-state index in [4.69, 9.17) is 15.7 Å². The highest BCUT2D eigenvalue weighted by atomic mass is 16.5. The van der Waals surface area contributed by atoms with E-state index in [1.165, 1.54) is 0 Å². The van der Waals surface area contributed by atoms with Crippen LogP contribution in [0, 0.1) is 11.3 Å². The summed E-state index contributed by atoms with van der Waals surface area (Å²) in [5.41, 5.74) is 6.58. The van der Waals surface area contributed by atoms with Gasteiger partial charge in [-0.25, -0.2) is 0 Å². The Morgan fingerprint density at radius 2 is 1.72 bits per heavy atom. The average molecular weight is 240 g/mol. The van der Waals surface area contributed by atoms with E-state index in [2.05, 4.69) is 6.07 Å². The minimum atomic E-state index is 0.434. The molecule has 0 fully saturated rings. The number of ether oxygens (including phenoxy) is 1. The lowest BCUT2D eigenvalue weighted by atomic mass is 10.2. The highest BCUT2D eigenvalue weighted by Gasteiger charge is 2.04. The standard InChI is InChI=1S/C13H10N2O.C2H6/c14-9-10-8-11(15)6-7-13(10)16-12-4-2-1-3-5-12;1-2/h1-8H,15H2;1-2H3. The molecule has 3 heteroatoms. The second kappa shape index (κ2) is 6.97. The first-order valence-electron chi connectivity index (χ1n) is 5.82. The summed E-state index contributed by atoms with van der Waals surface area (Å²) in [6.07, 6.45) is 0. The number of para-hydroxylation sites is 1. The fraction of sp³-hybridized carbons (Fsp3) is 0.133. The molecule has 0 saturated carbocycles. The molecule has 0 heterocycles. The Hall–Kier alpha value is -2.47. The van der Waals surface area contributed by atoms with Gasteiger partial charge in [0.1, 0.15) is 17.6 Å². The molecule has 0 spiro atoms. The summed E-state index contributed by atoms with van der Waals surface area (Å²) >= 11 is 0. The van der Waals surface area contributed by atoms with Gasteiger partial charge >= 0.3 is 0 Å². The summed E-state index contributed by atoms with van der Waals surface area (Å²) in [6, 6.07) is 16.4. The second-order valence-electron chi connectivity index (χ2n) is 3.28. The number of nitrogen functional groups attached to an aromatic ring is 1. The fourth-order valence-corrected chi connectivity index (χ4v) is 1.34. The van der Waals surface area contributed by atoms with Crippen LogP contribution >= 0.6 is 0 Å². The SMILES string of the molecule is CC.N#Cc1cc(N)ccc1Oc1ccccc1. The van der Waals surface area contributed by atoms with Crippen molar-refractivity contribution in [3.05, 3.63) is 54.1 Å². The summed E-state index contributed by atoms with van der Waals surface area (Å²) in [5, 5.41) is 8.94. The molecule has 0 atom stereocenters. The van der Waals surface area contributed by atoms with E-state index in [9.17, 15) is 0 Å². The van der Waals surface area contributed by atoms with Gasteiger partial charge in [-0.1, -0.05) is 32.0 Å². The molecule has 0 unspecified atom stereocenters. The molecule has 18 heavy (non-hydrogen) atoms. The number of hydrogen-bond donors (Lipinski definition) is 1. The number of nitrogens with two attached hydrogens (primary N) is 1. The van der Waals surface area contributed by atoms with Gasteiger partial charge in [-0.15, -0.1) is 0 Å². The molecular formula is C15H16N2O. The lowest BCUT2D eigenvalue weighted by Gasteiger charge is -2.07. The predicted octanol–water partition coefficient (Wildman–Crippen LogP) is 3.96. The van der Waals surface area contributed by atoms with Gasteiger partial charge in [-0.2, -0.15) is 5.26 Å². The maximum absolute atomic E-state index is 8.94. The third-order valence-electron chi connectivity index (χ3n) is 2.10. The van der Waals surface area contributed by atoms with Gasteiger partial charge in [0, 0.05) is 5.69 Å².